The zero-order valence-electron chi connectivity index (χ0n) is 7.32. The molecule has 78 valence electrons. The summed E-state index contributed by atoms with van der Waals surface area (Å²) in [5, 5.41) is 2.34. The number of carbonyl (C=O) groups is 1. The van der Waals surface area contributed by atoms with Crippen molar-refractivity contribution in [2.24, 2.45) is 5.73 Å². The van der Waals surface area contributed by atoms with Gasteiger partial charge in [0.1, 0.15) is 0 Å². The first-order valence-corrected chi connectivity index (χ1v) is 3.91. The van der Waals surface area contributed by atoms with Crippen molar-refractivity contribution in [3.63, 3.8) is 0 Å². The minimum Gasteiger partial charge on any atom is -0.352 e. The van der Waals surface area contributed by atoms with E-state index in [1.807, 2.05) is 0 Å². The molecule has 0 spiro atoms. The fraction of sp³-hybridized carbons (Fsp3) is 0.857. The van der Waals surface area contributed by atoms with Crippen LogP contribution in [0.3, 0.4) is 0 Å². The Morgan fingerprint density at radius 1 is 1.54 bits per heavy atom. The zero-order chi connectivity index (χ0) is 10.5. The molecule has 13 heavy (non-hydrogen) atoms. The average Bonchev–Trinajstić information content (AvgIpc) is 1.99. The maximum Gasteiger partial charge on any atom is 0.389 e. The molecule has 0 rings (SSSR count). The third-order valence-electron chi connectivity index (χ3n) is 1.40. The van der Waals surface area contributed by atoms with E-state index in [0.717, 1.165) is 0 Å². The summed E-state index contributed by atoms with van der Waals surface area (Å²) in [6.07, 6.45) is -5.90. The molecule has 1 amide bonds. The van der Waals surface area contributed by atoms with E-state index in [4.69, 9.17) is 5.73 Å². The summed E-state index contributed by atoms with van der Waals surface area (Å²) in [5.41, 5.74) is 5.17. The molecule has 0 aliphatic carbocycles. The van der Waals surface area contributed by atoms with Crippen molar-refractivity contribution < 1.29 is 18.0 Å². The van der Waals surface area contributed by atoms with Gasteiger partial charge >= 0.3 is 6.18 Å². The van der Waals surface area contributed by atoms with Crippen LogP contribution in [0.5, 0.6) is 0 Å². The van der Waals surface area contributed by atoms with Crippen molar-refractivity contribution in [2.45, 2.75) is 32.0 Å². The van der Waals surface area contributed by atoms with Crippen LogP contribution in [0.15, 0.2) is 0 Å². The highest BCUT2D eigenvalue weighted by Crippen LogP contribution is 2.20. The summed E-state index contributed by atoms with van der Waals surface area (Å²) in [5.74, 6) is -0.615. The number of alkyl halides is 3. The molecular weight excluding hydrogens is 185 g/mol. The second-order valence-corrected chi connectivity index (χ2v) is 2.82. The summed E-state index contributed by atoms with van der Waals surface area (Å²) in [7, 11) is 0. The van der Waals surface area contributed by atoms with Crippen molar-refractivity contribution >= 4 is 5.91 Å². The molecule has 0 aromatic carbocycles. The first kappa shape index (κ1) is 12.2. The quantitative estimate of drug-likeness (QED) is 0.701. The lowest BCUT2D eigenvalue weighted by molar-refractivity contribution is -0.144. The summed E-state index contributed by atoms with van der Waals surface area (Å²) in [6, 6.07) is -0.277. The fourth-order valence-electron chi connectivity index (χ4n) is 0.661. The molecule has 0 aliphatic heterocycles. The number of hydrogen-bond acceptors (Lipinski definition) is 2. The number of rotatable bonds is 4. The van der Waals surface area contributed by atoms with E-state index in [1.54, 1.807) is 6.92 Å². The summed E-state index contributed by atoms with van der Waals surface area (Å²) < 4.78 is 34.9. The topological polar surface area (TPSA) is 55.1 Å². The first-order chi connectivity index (χ1) is 5.85. The third kappa shape index (κ3) is 7.58. The van der Waals surface area contributed by atoms with Crippen molar-refractivity contribution in [1.29, 1.82) is 0 Å². The molecule has 6 heteroatoms. The molecule has 0 aromatic rings. The lowest BCUT2D eigenvalue weighted by Gasteiger charge is -2.11. The monoisotopic (exact) mass is 198 g/mol. The molecule has 0 bridgehead atoms. The minimum atomic E-state index is -4.27. The van der Waals surface area contributed by atoms with Gasteiger partial charge in [0.05, 0.1) is 6.42 Å². The number of amides is 1. The molecule has 0 saturated carbocycles. The molecule has 0 aliphatic rings. The van der Waals surface area contributed by atoms with Gasteiger partial charge in [0.2, 0.25) is 5.91 Å². The Balaban J connectivity index is 3.64. The van der Waals surface area contributed by atoms with Crippen LogP contribution >= 0.6 is 0 Å². The Labute approximate surface area is 74.5 Å². The van der Waals surface area contributed by atoms with Crippen LogP contribution in [0.2, 0.25) is 0 Å². The number of nitrogens with two attached hydrogens (primary N) is 1. The van der Waals surface area contributed by atoms with Gasteiger partial charge < -0.3 is 11.1 Å². The molecule has 0 saturated heterocycles. The normalized spacial score (nSPS) is 13.9. The predicted molar refractivity (Wildman–Crippen MR) is 41.9 cm³/mol. The average molecular weight is 198 g/mol. The minimum absolute atomic E-state index is 0.220. The van der Waals surface area contributed by atoms with Crippen LogP contribution in [-0.4, -0.2) is 24.7 Å². The standard InChI is InChI=1S/C7H13F3N2O/c1-5(4-11)12-6(13)2-3-7(8,9)10/h5H,2-4,11H2,1H3,(H,12,13). The van der Waals surface area contributed by atoms with Gasteiger partial charge in [-0.05, 0) is 6.92 Å². The largest absolute Gasteiger partial charge is 0.389 e. The smallest absolute Gasteiger partial charge is 0.352 e. The Morgan fingerprint density at radius 3 is 2.46 bits per heavy atom. The highest BCUT2D eigenvalue weighted by Gasteiger charge is 2.27. The third-order valence-corrected chi connectivity index (χ3v) is 1.40. The van der Waals surface area contributed by atoms with Crippen LogP contribution in [0.1, 0.15) is 19.8 Å². The van der Waals surface area contributed by atoms with E-state index >= 15 is 0 Å². The van der Waals surface area contributed by atoms with Gasteiger partial charge in [0, 0.05) is 19.0 Å². The molecule has 0 aromatic heterocycles. The maximum atomic E-state index is 11.6. The van der Waals surface area contributed by atoms with Crippen LogP contribution in [0.25, 0.3) is 0 Å². The molecule has 0 fully saturated rings. The molecule has 1 unspecified atom stereocenters. The van der Waals surface area contributed by atoms with Crippen LogP contribution in [-0.2, 0) is 4.79 Å². The van der Waals surface area contributed by atoms with Gasteiger partial charge in [-0.25, -0.2) is 0 Å². The van der Waals surface area contributed by atoms with Gasteiger partial charge in [0.15, 0.2) is 0 Å². The molecule has 3 nitrogen and oxygen atoms in total. The zero-order valence-corrected chi connectivity index (χ0v) is 7.32. The lowest BCUT2D eigenvalue weighted by Crippen LogP contribution is -2.38. The summed E-state index contributed by atoms with van der Waals surface area (Å²) >= 11 is 0. The maximum absolute atomic E-state index is 11.6. The Hall–Kier alpha value is -0.780. The van der Waals surface area contributed by atoms with Crippen LogP contribution in [0, 0.1) is 0 Å². The van der Waals surface area contributed by atoms with E-state index in [9.17, 15) is 18.0 Å². The van der Waals surface area contributed by atoms with Gasteiger partial charge in [-0.2, -0.15) is 13.2 Å². The van der Waals surface area contributed by atoms with E-state index in [-0.39, 0.29) is 12.6 Å². The van der Waals surface area contributed by atoms with E-state index < -0.39 is 24.9 Å². The number of nitrogens with one attached hydrogen (secondary N) is 1. The summed E-state index contributed by atoms with van der Waals surface area (Å²) in [6.45, 7) is 1.85. The number of halogens is 3. The molecule has 1 atom stereocenters. The van der Waals surface area contributed by atoms with Crippen molar-refractivity contribution in [3.8, 4) is 0 Å². The molecule has 3 N–H and O–H groups in total. The van der Waals surface area contributed by atoms with Crippen molar-refractivity contribution in [3.05, 3.63) is 0 Å². The van der Waals surface area contributed by atoms with Gasteiger partial charge in [0.25, 0.3) is 0 Å². The highest BCUT2D eigenvalue weighted by atomic mass is 19.4. The molecule has 0 radical (unpaired) electrons. The Kier molecular flexibility index (Phi) is 4.76. The SMILES string of the molecule is CC(CN)NC(=O)CCC(F)(F)F. The second-order valence-electron chi connectivity index (χ2n) is 2.82. The van der Waals surface area contributed by atoms with Gasteiger partial charge in [-0.3, -0.25) is 4.79 Å². The lowest BCUT2D eigenvalue weighted by atomic mass is 10.2. The number of hydrogen-bond donors (Lipinski definition) is 2. The van der Waals surface area contributed by atoms with Crippen molar-refractivity contribution in [1.82, 2.24) is 5.32 Å². The predicted octanol–water partition coefficient (Wildman–Crippen LogP) is 0.792. The van der Waals surface area contributed by atoms with Crippen LogP contribution < -0.4 is 11.1 Å². The number of carbonyl (C=O) groups excluding carboxylic acids is 1. The van der Waals surface area contributed by atoms with E-state index in [1.165, 1.54) is 0 Å². The van der Waals surface area contributed by atoms with E-state index in [2.05, 4.69) is 5.32 Å². The van der Waals surface area contributed by atoms with Gasteiger partial charge in [-0.15, -0.1) is 0 Å². The fourth-order valence-corrected chi connectivity index (χ4v) is 0.661. The summed E-state index contributed by atoms with van der Waals surface area (Å²) in [4.78, 5) is 10.8. The Morgan fingerprint density at radius 2 is 2.08 bits per heavy atom. The van der Waals surface area contributed by atoms with Crippen LogP contribution in [0.4, 0.5) is 13.2 Å². The second kappa shape index (κ2) is 5.06. The molecular formula is C7H13F3N2O. The Bertz CT molecular complexity index is 170. The van der Waals surface area contributed by atoms with Crippen molar-refractivity contribution in [2.75, 3.05) is 6.54 Å². The van der Waals surface area contributed by atoms with Gasteiger partial charge in [-0.1, -0.05) is 0 Å². The van der Waals surface area contributed by atoms with E-state index in [0.29, 0.717) is 0 Å². The first-order valence-electron chi connectivity index (χ1n) is 3.91. The molecule has 0 heterocycles. The highest BCUT2D eigenvalue weighted by molar-refractivity contribution is 5.76.